The molecule has 0 fully saturated rings. The summed E-state index contributed by atoms with van der Waals surface area (Å²) < 4.78 is 68.9. The second kappa shape index (κ2) is 13.1. The monoisotopic (exact) mass is 629 g/mol. The first-order valence-electron chi connectivity index (χ1n) is 12.4. The van der Waals surface area contributed by atoms with Gasteiger partial charge in [-0.25, -0.2) is 8.42 Å². The van der Waals surface area contributed by atoms with Gasteiger partial charge in [0.05, 0.1) is 21.2 Å². The van der Waals surface area contributed by atoms with Crippen molar-refractivity contribution in [1.29, 1.82) is 0 Å². The minimum atomic E-state index is -4.81. The van der Waals surface area contributed by atoms with Crippen LogP contribution in [0, 0.1) is 0 Å². The molecule has 0 aliphatic rings. The number of rotatable bonds is 10. The number of nitrogens with zero attached hydrogens (tertiary/aromatic N) is 2. The third kappa shape index (κ3) is 8.15. The summed E-state index contributed by atoms with van der Waals surface area (Å²) in [7, 11) is -4.60. The van der Waals surface area contributed by atoms with Crippen LogP contribution < -0.4 is 9.62 Å². The molecule has 220 valence electrons. The Morgan fingerprint density at radius 1 is 0.927 bits per heavy atom. The summed E-state index contributed by atoms with van der Waals surface area (Å²) in [5.74, 6) is -1.37. The van der Waals surface area contributed by atoms with E-state index in [-0.39, 0.29) is 22.5 Å². The van der Waals surface area contributed by atoms with Gasteiger partial charge in [0.1, 0.15) is 12.6 Å². The van der Waals surface area contributed by atoms with Gasteiger partial charge in [0, 0.05) is 17.6 Å². The van der Waals surface area contributed by atoms with E-state index in [1.54, 1.807) is 44.2 Å². The molecule has 0 spiro atoms. The zero-order chi connectivity index (χ0) is 30.5. The maximum absolute atomic E-state index is 13.9. The van der Waals surface area contributed by atoms with Gasteiger partial charge in [-0.2, -0.15) is 13.2 Å². The van der Waals surface area contributed by atoms with Gasteiger partial charge in [0.25, 0.3) is 10.0 Å². The van der Waals surface area contributed by atoms with Crippen LogP contribution in [0.5, 0.6) is 0 Å². The van der Waals surface area contributed by atoms with Crippen LogP contribution in [0.15, 0.2) is 77.7 Å². The molecule has 1 atom stereocenters. The van der Waals surface area contributed by atoms with Crippen molar-refractivity contribution in [2.45, 2.75) is 50.5 Å². The SMILES string of the molecule is CC(C)NC(=O)[C@H](C)N(Cc1cccc(Cl)c1)C(=O)CN(c1cc(C(F)(F)F)ccc1Cl)S(=O)(=O)c1ccccc1. The fourth-order valence-electron chi connectivity index (χ4n) is 3.93. The maximum Gasteiger partial charge on any atom is 0.416 e. The molecule has 0 aliphatic carbocycles. The third-order valence-electron chi connectivity index (χ3n) is 5.99. The van der Waals surface area contributed by atoms with Crippen molar-refractivity contribution in [3.05, 3.63) is 94.0 Å². The van der Waals surface area contributed by atoms with E-state index >= 15 is 0 Å². The van der Waals surface area contributed by atoms with Crippen LogP contribution in [-0.2, 0) is 32.3 Å². The lowest BCUT2D eigenvalue weighted by Crippen LogP contribution is -2.52. The average Bonchev–Trinajstić information content (AvgIpc) is 2.89. The summed E-state index contributed by atoms with van der Waals surface area (Å²) in [5, 5.41) is 2.76. The van der Waals surface area contributed by atoms with Gasteiger partial charge >= 0.3 is 6.18 Å². The molecule has 0 heterocycles. The number of sulfonamides is 1. The highest BCUT2D eigenvalue weighted by atomic mass is 35.5. The van der Waals surface area contributed by atoms with Gasteiger partial charge < -0.3 is 10.2 Å². The number of carbonyl (C=O) groups is 2. The normalized spacial score (nSPS) is 12.6. The number of benzene rings is 3. The summed E-state index contributed by atoms with van der Waals surface area (Å²) in [6.45, 7) is 3.85. The lowest BCUT2D eigenvalue weighted by molar-refractivity contribution is -0.139. The summed E-state index contributed by atoms with van der Waals surface area (Å²) in [5.41, 5.74) is -1.15. The Morgan fingerprint density at radius 3 is 2.17 bits per heavy atom. The highest BCUT2D eigenvalue weighted by molar-refractivity contribution is 7.92. The van der Waals surface area contributed by atoms with E-state index in [1.807, 2.05) is 0 Å². The van der Waals surface area contributed by atoms with Crippen molar-refractivity contribution in [3.63, 3.8) is 0 Å². The molecule has 0 saturated heterocycles. The van der Waals surface area contributed by atoms with Crippen LogP contribution in [0.2, 0.25) is 10.0 Å². The molecule has 3 rings (SSSR count). The Kier molecular flexibility index (Phi) is 10.3. The molecular formula is C28H28Cl2F3N3O4S. The quantitative estimate of drug-likeness (QED) is 0.291. The number of carbonyl (C=O) groups excluding carboxylic acids is 2. The van der Waals surface area contributed by atoms with Gasteiger partial charge in [-0.1, -0.05) is 53.5 Å². The fraction of sp³-hybridized carbons (Fsp3) is 0.286. The highest BCUT2D eigenvalue weighted by Gasteiger charge is 2.36. The van der Waals surface area contributed by atoms with E-state index in [0.29, 0.717) is 27.0 Å². The predicted molar refractivity (Wildman–Crippen MR) is 152 cm³/mol. The molecule has 0 bridgehead atoms. The topological polar surface area (TPSA) is 86.8 Å². The Balaban J connectivity index is 2.13. The molecule has 2 amide bonds. The van der Waals surface area contributed by atoms with Gasteiger partial charge in [-0.15, -0.1) is 0 Å². The number of alkyl halides is 3. The van der Waals surface area contributed by atoms with E-state index in [9.17, 15) is 31.2 Å². The van der Waals surface area contributed by atoms with Gasteiger partial charge in [0.15, 0.2) is 0 Å². The molecule has 1 N–H and O–H groups in total. The van der Waals surface area contributed by atoms with Crippen molar-refractivity contribution < 1.29 is 31.2 Å². The predicted octanol–water partition coefficient (Wildman–Crippen LogP) is 6.15. The fourth-order valence-corrected chi connectivity index (χ4v) is 5.86. The number of hydrogen-bond donors (Lipinski definition) is 1. The third-order valence-corrected chi connectivity index (χ3v) is 8.32. The smallest absolute Gasteiger partial charge is 0.352 e. The zero-order valence-electron chi connectivity index (χ0n) is 22.3. The molecule has 0 aromatic heterocycles. The van der Waals surface area contributed by atoms with E-state index in [4.69, 9.17) is 23.2 Å². The summed E-state index contributed by atoms with van der Waals surface area (Å²) in [4.78, 5) is 27.7. The zero-order valence-corrected chi connectivity index (χ0v) is 24.7. The van der Waals surface area contributed by atoms with Crippen LogP contribution in [0.4, 0.5) is 18.9 Å². The van der Waals surface area contributed by atoms with Crippen molar-refractivity contribution in [2.75, 3.05) is 10.8 Å². The molecule has 0 aliphatic heterocycles. The average molecular weight is 631 g/mol. The van der Waals surface area contributed by atoms with Gasteiger partial charge in [-0.3, -0.25) is 13.9 Å². The number of hydrogen-bond acceptors (Lipinski definition) is 4. The highest BCUT2D eigenvalue weighted by Crippen LogP contribution is 2.37. The van der Waals surface area contributed by atoms with E-state index in [1.165, 1.54) is 31.2 Å². The summed E-state index contributed by atoms with van der Waals surface area (Å²) >= 11 is 12.3. The van der Waals surface area contributed by atoms with Crippen molar-refractivity contribution in [2.24, 2.45) is 0 Å². The van der Waals surface area contributed by atoms with Crippen LogP contribution in [0.25, 0.3) is 0 Å². The molecule has 7 nitrogen and oxygen atoms in total. The second-order valence-electron chi connectivity index (χ2n) is 9.48. The van der Waals surface area contributed by atoms with Crippen LogP contribution in [0.3, 0.4) is 0 Å². The Bertz CT molecular complexity index is 1500. The Labute approximate surface area is 246 Å². The second-order valence-corrected chi connectivity index (χ2v) is 12.2. The first-order chi connectivity index (χ1) is 19.1. The lowest BCUT2D eigenvalue weighted by Gasteiger charge is -2.32. The Morgan fingerprint density at radius 2 is 1.59 bits per heavy atom. The number of halogens is 5. The molecular weight excluding hydrogens is 602 g/mol. The van der Waals surface area contributed by atoms with E-state index < -0.39 is 51.9 Å². The van der Waals surface area contributed by atoms with Crippen LogP contribution in [0.1, 0.15) is 31.9 Å². The first-order valence-corrected chi connectivity index (χ1v) is 14.6. The molecule has 41 heavy (non-hydrogen) atoms. The molecule has 0 saturated carbocycles. The minimum Gasteiger partial charge on any atom is -0.352 e. The van der Waals surface area contributed by atoms with Gasteiger partial charge in [-0.05, 0) is 68.8 Å². The molecule has 0 unspecified atom stereocenters. The lowest BCUT2D eigenvalue weighted by atomic mass is 10.1. The first kappa shape index (κ1) is 32.2. The largest absolute Gasteiger partial charge is 0.416 e. The molecule has 3 aromatic carbocycles. The molecule has 0 radical (unpaired) electrons. The Hall–Kier alpha value is -3.28. The number of anilines is 1. The van der Waals surface area contributed by atoms with E-state index in [0.717, 1.165) is 11.0 Å². The minimum absolute atomic E-state index is 0.137. The van der Waals surface area contributed by atoms with Crippen LogP contribution >= 0.6 is 23.2 Å². The molecule has 13 heteroatoms. The van der Waals surface area contributed by atoms with Crippen LogP contribution in [-0.4, -0.2) is 43.8 Å². The van der Waals surface area contributed by atoms with Crippen molar-refractivity contribution in [3.8, 4) is 0 Å². The van der Waals surface area contributed by atoms with E-state index in [2.05, 4.69) is 5.32 Å². The van der Waals surface area contributed by atoms with Crippen molar-refractivity contribution in [1.82, 2.24) is 10.2 Å². The maximum atomic E-state index is 13.9. The summed E-state index contributed by atoms with van der Waals surface area (Å²) in [6, 6.07) is 14.3. The number of amides is 2. The number of nitrogens with one attached hydrogen (secondary N) is 1. The van der Waals surface area contributed by atoms with Crippen molar-refractivity contribution >= 4 is 50.7 Å². The molecule has 3 aromatic rings. The van der Waals surface area contributed by atoms with Gasteiger partial charge in [0.2, 0.25) is 11.8 Å². The summed E-state index contributed by atoms with van der Waals surface area (Å²) in [6.07, 6.45) is -4.81. The standard InChI is InChI=1S/C28H28Cl2F3N3O4S/c1-18(2)34-27(38)19(3)35(16-20-8-7-9-22(29)14-20)26(37)17-36(41(39,40)23-10-5-4-6-11-23)25-15-21(28(31,32)33)12-13-24(25)30/h4-15,18-19H,16-17H2,1-3H3,(H,34,38)/t19-/m0/s1.